The maximum atomic E-state index is 5.70. The van der Waals surface area contributed by atoms with Crippen molar-refractivity contribution in [1.29, 1.82) is 0 Å². The van der Waals surface area contributed by atoms with Crippen molar-refractivity contribution in [3.05, 3.63) is 30.3 Å². The molecule has 1 fully saturated rings. The molecule has 0 radical (unpaired) electrons. The largest absolute Gasteiger partial charge is 0.492 e. The monoisotopic (exact) mass is 263 g/mol. The Morgan fingerprint density at radius 3 is 2.63 bits per heavy atom. The molecule has 0 spiro atoms. The molecule has 0 saturated carbocycles. The molecule has 0 aliphatic carbocycles. The van der Waals surface area contributed by atoms with E-state index >= 15 is 0 Å². The van der Waals surface area contributed by atoms with Crippen molar-refractivity contribution in [2.45, 2.75) is 0 Å². The minimum Gasteiger partial charge on any atom is -0.492 e. The lowest BCUT2D eigenvalue weighted by molar-refractivity contribution is 0.187. The first-order chi connectivity index (χ1) is 9.34. The van der Waals surface area contributed by atoms with Gasteiger partial charge in [0.1, 0.15) is 12.4 Å². The molecule has 106 valence electrons. The van der Waals surface area contributed by atoms with Crippen molar-refractivity contribution in [3.8, 4) is 5.75 Å². The highest BCUT2D eigenvalue weighted by atomic mass is 16.5. The highest BCUT2D eigenvalue weighted by Crippen LogP contribution is 2.07. The minimum absolute atomic E-state index is 0.752. The predicted molar refractivity (Wildman–Crippen MR) is 78.7 cm³/mol. The molecular formula is C15H25N3O. The predicted octanol–water partition coefficient (Wildman–Crippen LogP) is 0.902. The van der Waals surface area contributed by atoms with E-state index in [1.54, 1.807) is 0 Å². The number of piperazine rings is 1. The van der Waals surface area contributed by atoms with E-state index in [1.807, 2.05) is 30.3 Å². The SMILES string of the molecule is CN(CCOc1ccccc1)CCN1CCNCC1. The second-order valence-electron chi connectivity index (χ2n) is 5.06. The fourth-order valence-corrected chi connectivity index (χ4v) is 2.19. The summed E-state index contributed by atoms with van der Waals surface area (Å²) < 4.78 is 5.70. The molecule has 1 aromatic rings. The highest BCUT2D eigenvalue weighted by Gasteiger charge is 2.09. The minimum atomic E-state index is 0.752. The third-order valence-electron chi connectivity index (χ3n) is 3.49. The Labute approximate surface area is 116 Å². The van der Waals surface area contributed by atoms with Gasteiger partial charge in [-0.2, -0.15) is 0 Å². The molecule has 1 aliphatic heterocycles. The first-order valence-corrected chi connectivity index (χ1v) is 7.14. The number of nitrogens with zero attached hydrogens (tertiary/aromatic N) is 2. The third-order valence-corrected chi connectivity index (χ3v) is 3.49. The number of hydrogen-bond acceptors (Lipinski definition) is 4. The lowest BCUT2D eigenvalue weighted by Gasteiger charge is -2.29. The van der Waals surface area contributed by atoms with Crippen LogP contribution in [0.4, 0.5) is 0 Å². The fourth-order valence-electron chi connectivity index (χ4n) is 2.19. The van der Waals surface area contributed by atoms with E-state index in [4.69, 9.17) is 4.74 Å². The van der Waals surface area contributed by atoms with Gasteiger partial charge in [0.15, 0.2) is 0 Å². The summed E-state index contributed by atoms with van der Waals surface area (Å²) in [5.74, 6) is 0.956. The standard InChI is InChI=1S/C15H25N3O/c1-17(11-12-18-9-7-16-8-10-18)13-14-19-15-5-3-2-4-6-15/h2-6,16H,7-14H2,1H3. The molecule has 4 heteroatoms. The van der Waals surface area contributed by atoms with Crippen molar-refractivity contribution < 1.29 is 4.74 Å². The van der Waals surface area contributed by atoms with Crippen LogP contribution in [0.1, 0.15) is 0 Å². The first kappa shape index (κ1) is 14.3. The van der Waals surface area contributed by atoms with Crippen molar-refractivity contribution >= 4 is 0 Å². The molecule has 0 bridgehead atoms. The molecule has 1 N–H and O–H groups in total. The van der Waals surface area contributed by atoms with E-state index in [1.165, 1.54) is 13.1 Å². The second-order valence-corrected chi connectivity index (χ2v) is 5.06. The number of hydrogen-bond donors (Lipinski definition) is 1. The normalized spacial score (nSPS) is 16.7. The number of benzene rings is 1. The van der Waals surface area contributed by atoms with Crippen LogP contribution in [0, 0.1) is 0 Å². The maximum Gasteiger partial charge on any atom is 0.119 e. The third kappa shape index (κ3) is 5.59. The Bertz CT molecular complexity index is 339. The topological polar surface area (TPSA) is 27.7 Å². The number of ether oxygens (including phenoxy) is 1. The van der Waals surface area contributed by atoms with E-state index < -0.39 is 0 Å². The van der Waals surface area contributed by atoms with Crippen LogP contribution in [0.5, 0.6) is 5.75 Å². The maximum absolute atomic E-state index is 5.70. The van der Waals surface area contributed by atoms with Crippen LogP contribution in [0.15, 0.2) is 30.3 Å². The lowest BCUT2D eigenvalue weighted by Crippen LogP contribution is -2.46. The molecule has 0 atom stereocenters. The van der Waals surface area contributed by atoms with Crippen molar-refractivity contribution in [2.75, 3.05) is 59.5 Å². The highest BCUT2D eigenvalue weighted by molar-refractivity contribution is 5.20. The molecule has 0 unspecified atom stereocenters. The van der Waals surface area contributed by atoms with Crippen LogP contribution in [0.2, 0.25) is 0 Å². The van der Waals surface area contributed by atoms with E-state index in [9.17, 15) is 0 Å². The van der Waals surface area contributed by atoms with Crippen LogP contribution in [-0.2, 0) is 0 Å². The Hall–Kier alpha value is -1.10. The van der Waals surface area contributed by atoms with E-state index in [-0.39, 0.29) is 0 Å². The first-order valence-electron chi connectivity index (χ1n) is 7.14. The lowest BCUT2D eigenvalue weighted by atomic mass is 10.3. The van der Waals surface area contributed by atoms with Gasteiger partial charge in [-0.05, 0) is 19.2 Å². The van der Waals surface area contributed by atoms with Crippen molar-refractivity contribution in [2.24, 2.45) is 0 Å². The zero-order valence-electron chi connectivity index (χ0n) is 11.8. The Kier molecular flexibility index (Phi) is 6.14. The van der Waals surface area contributed by atoms with Crippen molar-refractivity contribution in [3.63, 3.8) is 0 Å². The Balaban J connectivity index is 1.55. The van der Waals surface area contributed by atoms with Gasteiger partial charge in [-0.15, -0.1) is 0 Å². The summed E-state index contributed by atoms with van der Waals surface area (Å²) in [6.45, 7) is 8.59. The van der Waals surface area contributed by atoms with Crippen molar-refractivity contribution in [1.82, 2.24) is 15.1 Å². The van der Waals surface area contributed by atoms with E-state index in [2.05, 4.69) is 22.2 Å². The molecule has 1 aromatic carbocycles. The molecular weight excluding hydrogens is 238 g/mol. The summed E-state index contributed by atoms with van der Waals surface area (Å²) in [5.41, 5.74) is 0. The number of para-hydroxylation sites is 1. The van der Waals surface area contributed by atoms with Gasteiger partial charge in [0.05, 0.1) is 0 Å². The van der Waals surface area contributed by atoms with Gasteiger partial charge < -0.3 is 15.0 Å². The Morgan fingerprint density at radius 2 is 1.89 bits per heavy atom. The van der Waals surface area contributed by atoms with Gasteiger partial charge in [-0.3, -0.25) is 4.90 Å². The number of nitrogens with one attached hydrogen (secondary N) is 1. The van der Waals surface area contributed by atoms with Crippen LogP contribution < -0.4 is 10.1 Å². The van der Waals surface area contributed by atoms with Gasteiger partial charge in [0.25, 0.3) is 0 Å². The molecule has 1 saturated heterocycles. The Morgan fingerprint density at radius 1 is 1.16 bits per heavy atom. The molecule has 19 heavy (non-hydrogen) atoms. The van der Waals surface area contributed by atoms with Crippen LogP contribution in [0.3, 0.4) is 0 Å². The molecule has 0 aromatic heterocycles. The summed E-state index contributed by atoms with van der Waals surface area (Å²) >= 11 is 0. The average Bonchev–Trinajstić information content (AvgIpc) is 2.47. The molecule has 1 heterocycles. The van der Waals surface area contributed by atoms with Gasteiger partial charge in [-0.25, -0.2) is 0 Å². The fraction of sp³-hybridized carbons (Fsp3) is 0.600. The average molecular weight is 263 g/mol. The smallest absolute Gasteiger partial charge is 0.119 e. The van der Waals surface area contributed by atoms with E-state index in [0.29, 0.717) is 0 Å². The molecule has 0 amide bonds. The second kappa shape index (κ2) is 8.15. The number of likely N-dealkylation sites (N-methyl/N-ethyl adjacent to an activating group) is 1. The quantitative estimate of drug-likeness (QED) is 0.791. The molecule has 1 aliphatic rings. The van der Waals surface area contributed by atoms with Gasteiger partial charge in [0, 0.05) is 45.8 Å². The summed E-state index contributed by atoms with van der Waals surface area (Å²) in [6.07, 6.45) is 0. The molecule has 4 nitrogen and oxygen atoms in total. The zero-order valence-corrected chi connectivity index (χ0v) is 11.8. The summed E-state index contributed by atoms with van der Waals surface area (Å²) in [7, 11) is 2.16. The zero-order chi connectivity index (χ0) is 13.3. The van der Waals surface area contributed by atoms with Gasteiger partial charge in [-0.1, -0.05) is 18.2 Å². The van der Waals surface area contributed by atoms with Crippen LogP contribution in [0.25, 0.3) is 0 Å². The summed E-state index contributed by atoms with van der Waals surface area (Å²) in [6, 6.07) is 10.0. The van der Waals surface area contributed by atoms with Crippen LogP contribution in [-0.4, -0.2) is 69.3 Å². The number of rotatable bonds is 7. The van der Waals surface area contributed by atoms with Crippen LogP contribution >= 0.6 is 0 Å². The molecule has 2 rings (SSSR count). The van der Waals surface area contributed by atoms with Gasteiger partial charge >= 0.3 is 0 Å². The summed E-state index contributed by atoms with van der Waals surface area (Å²) in [4.78, 5) is 4.86. The van der Waals surface area contributed by atoms with Gasteiger partial charge in [0.2, 0.25) is 0 Å². The van der Waals surface area contributed by atoms with E-state index in [0.717, 1.165) is 45.1 Å². The summed E-state index contributed by atoms with van der Waals surface area (Å²) in [5, 5.41) is 3.38.